The number of ether oxygens (including phenoxy) is 2. The molecule has 2 aromatic carbocycles. The van der Waals surface area contributed by atoms with Crippen molar-refractivity contribution in [2.75, 3.05) is 0 Å². The molecular formula is C27H28ClNO6. The summed E-state index contributed by atoms with van der Waals surface area (Å²) in [6, 6.07) is 11.5. The minimum absolute atomic E-state index is 0.0732. The van der Waals surface area contributed by atoms with E-state index in [2.05, 4.69) is 5.32 Å². The van der Waals surface area contributed by atoms with E-state index in [-0.39, 0.29) is 23.0 Å². The third-order valence-electron chi connectivity index (χ3n) is 6.12. The number of fused-ring (bicyclic) bond motifs is 3. The first-order chi connectivity index (χ1) is 17.0. The summed E-state index contributed by atoms with van der Waals surface area (Å²) in [5, 5.41) is 3.59. The van der Waals surface area contributed by atoms with Gasteiger partial charge in [-0.2, -0.15) is 0 Å². The van der Waals surface area contributed by atoms with Gasteiger partial charge in [0.15, 0.2) is 5.75 Å². The maximum atomic E-state index is 13.0. The average molecular weight is 498 g/mol. The number of amides is 1. The Bertz CT molecular complexity index is 1270. The van der Waals surface area contributed by atoms with Gasteiger partial charge in [0.1, 0.15) is 18.2 Å². The van der Waals surface area contributed by atoms with Crippen LogP contribution in [0.4, 0.5) is 4.79 Å². The Kier molecular flexibility index (Phi) is 8.08. The lowest BCUT2D eigenvalue weighted by Gasteiger charge is -2.19. The van der Waals surface area contributed by atoms with Crippen LogP contribution in [0.15, 0.2) is 51.7 Å². The van der Waals surface area contributed by atoms with Crippen LogP contribution in [0, 0.1) is 0 Å². The smallest absolute Gasteiger partial charge is 0.408 e. The maximum absolute atomic E-state index is 13.0. The van der Waals surface area contributed by atoms with Gasteiger partial charge in [0.2, 0.25) is 0 Å². The zero-order valence-electron chi connectivity index (χ0n) is 19.6. The molecule has 1 unspecified atom stereocenters. The molecule has 0 fully saturated rings. The van der Waals surface area contributed by atoms with Gasteiger partial charge >= 0.3 is 17.7 Å². The molecule has 0 bridgehead atoms. The van der Waals surface area contributed by atoms with Gasteiger partial charge < -0.3 is 19.2 Å². The molecule has 1 N–H and O–H groups in total. The largest absolute Gasteiger partial charge is 0.445 e. The molecule has 1 aliphatic carbocycles. The first-order valence-corrected chi connectivity index (χ1v) is 12.3. The van der Waals surface area contributed by atoms with Gasteiger partial charge in [0.25, 0.3) is 0 Å². The molecule has 7 nitrogen and oxygen atoms in total. The number of benzene rings is 2. The summed E-state index contributed by atoms with van der Waals surface area (Å²) in [6.07, 6.45) is 4.60. The molecule has 3 aromatic rings. The summed E-state index contributed by atoms with van der Waals surface area (Å²) >= 11 is 6.45. The van der Waals surface area contributed by atoms with E-state index in [1.807, 2.05) is 37.3 Å². The van der Waals surface area contributed by atoms with Gasteiger partial charge in [0, 0.05) is 17.0 Å². The number of aryl methyl sites for hydroxylation is 1. The Morgan fingerprint density at radius 1 is 1.11 bits per heavy atom. The molecule has 1 atom stereocenters. The average Bonchev–Trinajstić information content (AvgIpc) is 2.87. The molecule has 184 valence electrons. The van der Waals surface area contributed by atoms with E-state index in [9.17, 15) is 14.4 Å². The van der Waals surface area contributed by atoms with Crippen molar-refractivity contribution in [3.05, 3.63) is 74.6 Å². The predicted molar refractivity (Wildman–Crippen MR) is 133 cm³/mol. The van der Waals surface area contributed by atoms with Crippen molar-refractivity contribution >= 4 is 34.6 Å². The number of unbranched alkanes of at least 4 members (excludes halogenated alkanes) is 1. The Labute approximate surface area is 208 Å². The number of carbonyl (C=O) groups is 2. The third-order valence-corrected chi connectivity index (χ3v) is 6.42. The van der Waals surface area contributed by atoms with E-state index in [1.165, 1.54) is 6.07 Å². The summed E-state index contributed by atoms with van der Waals surface area (Å²) in [5.74, 6) is -0.597. The molecule has 4 rings (SSSR count). The second-order valence-electron chi connectivity index (χ2n) is 8.65. The van der Waals surface area contributed by atoms with Gasteiger partial charge in [-0.15, -0.1) is 0 Å². The lowest BCUT2D eigenvalue weighted by Crippen LogP contribution is -2.43. The summed E-state index contributed by atoms with van der Waals surface area (Å²) in [6.45, 7) is 2.07. The van der Waals surface area contributed by atoms with Crippen LogP contribution in [-0.4, -0.2) is 18.1 Å². The number of carbonyl (C=O) groups excluding carboxylic acids is 2. The van der Waals surface area contributed by atoms with E-state index in [4.69, 9.17) is 25.5 Å². The van der Waals surface area contributed by atoms with Crippen molar-refractivity contribution in [2.24, 2.45) is 0 Å². The summed E-state index contributed by atoms with van der Waals surface area (Å²) in [4.78, 5) is 37.8. The Balaban J connectivity index is 1.49. The monoisotopic (exact) mass is 497 g/mol. The lowest BCUT2D eigenvalue weighted by atomic mass is 9.90. The molecule has 1 heterocycles. The van der Waals surface area contributed by atoms with Crippen molar-refractivity contribution in [1.29, 1.82) is 0 Å². The van der Waals surface area contributed by atoms with E-state index in [1.54, 1.807) is 6.07 Å². The zero-order valence-corrected chi connectivity index (χ0v) is 20.4. The second kappa shape index (κ2) is 11.4. The predicted octanol–water partition coefficient (Wildman–Crippen LogP) is 5.72. The maximum Gasteiger partial charge on any atom is 0.408 e. The minimum Gasteiger partial charge on any atom is -0.445 e. The molecule has 0 aliphatic heterocycles. The first-order valence-electron chi connectivity index (χ1n) is 11.9. The molecule has 8 heteroatoms. The van der Waals surface area contributed by atoms with Crippen molar-refractivity contribution in [3.63, 3.8) is 0 Å². The van der Waals surface area contributed by atoms with E-state index in [0.29, 0.717) is 30.4 Å². The normalized spacial score (nSPS) is 13.7. The molecule has 0 spiro atoms. The highest BCUT2D eigenvalue weighted by Crippen LogP contribution is 2.34. The third kappa shape index (κ3) is 6.03. The molecule has 1 amide bonds. The number of alkyl carbamates (subject to hydrolysis) is 1. The topological polar surface area (TPSA) is 94.8 Å². The zero-order chi connectivity index (χ0) is 24.8. The fraction of sp³-hybridized carbons (Fsp3) is 0.370. The number of hydrogen-bond acceptors (Lipinski definition) is 6. The molecule has 0 saturated heterocycles. The Morgan fingerprint density at radius 3 is 2.60 bits per heavy atom. The SMILES string of the molecule is CCCCC(NC(=O)OCc1ccccc1)C(=O)Oc1cc2oc(=O)c3c(c2cc1Cl)CCCC3. The number of rotatable bonds is 8. The van der Waals surface area contributed by atoms with Crippen molar-refractivity contribution in [1.82, 2.24) is 5.32 Å². The highest BCUT2D eigenvalue weighted by atomic mass is 35.5. The fourth-order valence-electron chi connectivity index (χ4n) is 4.27. The lowest BCUT2D eigenvalue weighted by molar-refractivity contribution is -0.136. The molecule has 0 saturated carbocycles. The Morgan fingerprint density at radius 2 is 1.86 bits per heavy atom. The van der Waals surface area contributed by atoms with Gasteiger partial charge in [0.05, 0.1) is 5.02 Å². The quantitative estimate of drug-likeness (QED) is 0.243. The molecule has 0 radical (unpaired) electrons. The fourth-order valence-corrected chi connectivity index (χ4v) is 4.47. The molecular weight excluding hydrogens is 470 g/mol. The first kappa shape index (κ1) is 24.8. The van der Waals surface area contributed by atoms with Crippen molar-refractivity contribution < 1.29 is 23.5 Å². The summed E-state index contributed by atoms with van der Waals surface area (Å²) in [7, 11) is 0. The molecule has 1 aliphatic rings. The summed E-state index contributed by atoms with van der Waals surface area (Å²) < 4.78 is 16.3. The van der Waals surface area contributed by atoms with Crippen LogP contribution >= 0.6 is 11.6 Å². The van der Waals surface area contributed by atoms with Crippen molar-refractivity contribution in [2.45, 2.75) is 64.5 Å². The number of hydrogen-bond donors (Lipinski definition) is 1. The number of halogens is 1. The van der Waals surface area contributed by atoms with Crippen LogP contribution in [0.5, 0.6) is 5.75 Å². The van der Waals surface area contributed by atoms with Crippen molar-refractivity contribution in [3.8, 4) is 5.75 Å². The van der Waals surface area contributed by atoms with Crippen LogP contribution in [0.1, 0.15) is 55.7 Å². The highest BCUT2D eigenvalue weighted by Gasteiger charge is 2.25. The minimum atomic E-state index is -0.916. The van der Waals surface area contributed by atoms with E-state index < -0.39 is 18.1 Å². The van der Waals surface area contributed by atoms with Gasteiger partial charge in [-0.05, 0) is 49.3 Å². The number of nitrogens with one attached hydrogen (secondary N) is 1. The van der Waals surface area contributed by atoms with E-state index >= 15 is 0 Å². The van der Waals surface area contributed by atoms with Crippen LogP contribution in [0.3, 0.4) is 0 Å². The van der Waals surface area contributed by atoms with Gasteiger partial charge in [-0.1, -0.05) is 61.7 Å². The van der Waals surface area contributed by atoms with Crippen LogP contribution in [-0.2, 0) is 29.0 Å². The molecule has 35 heavy (non-hydrogen) atoms. The van der Waals surface area contributed by atoms with Gasteiger partial charge in [-0.25, -0.2) is 14.4 Å². The van der Waals surface area contributed by atoms with E-state index in [0.717, 1.165) is 42.2 Å². The highest BCUT2D eigenvalue weighted by molar-refractivity contribution is 6.33. The van der Waals surface area contributed by atoms with Crippen LogP contribution in [0.25, 0.3) is 11.0 Å². The van der Waals surface area contributed by atoms with Crippen LogP contribution in [0.2, 0.25) is 5.02 Å². The molecule has 1 aromatic heterocycles. The van der Waals surface area contributed by atoms with Gasteiger partial charge in [-0.3, -0.25) is 0 Å². The van der Waals surface area contributed by atoms with Crippen LogP contribution < -0.4 is 15.7 Å². The summed E-state index contributed by atoms with van der Waals surface area (Å²) in [5.41, 5.74) is 2.44. The Hall–Kier alpha value is -3.32. The number of esters is 1. The second-order valence-corrected chi connectivity index (χ2v) is 9.06. The standard InChI is InChI=1S/C27H28ClNO6/c1-2-3-13-22(29-27(32)33-16-17-9-5-4-6-10-17)26(31)35-24-15-23-20(14-21(24)28)18-11-7-8-12-19(18)25(30)34-23/h4-6,9-10,14-15,22H,2-3,7-8,11-13,16H2,1H3,(H,29,32).